The van der Waals surface area contributed by atoms with Crippen LogP contribution in [0, 0.1) is 0 Å². The number of sulfone groups is 1. The van der Waals surface area contributed by atoms with Gasteiger partial charge in [0.2, 0.25) is 5.91 Å². The van der Waals surface area contributed by atoms with Gasteiger partial charge >= 0.3 is 0 Å². The molecule has 150 valence electrons. The quantitative estimate of drug-likeness (QED) is 0.621. The Kier molecular flexibility index (Phi) is 3.57. The third-order valence-corrected chi connectivity index (χ3v) is 6.85. The van der Waals surface area contributed by atoms with Crippen LogP contribution in [0.5, 0.6) is 0 Å². The molecule has 2 aliphatic rings. The molecule has 1 saturated carbocycles. The summed E-state index contributed by atoms with van der Waals surface area (Å²) in [5, 5.41) is 1.17. The first-order valence-electron chi connectivity index (χ1n) is 10.3. The van der Waals surface area contributed by atoms with Crippen LogP contribution in [-0.2, 0) is 33.1 Å². The highest BCUT2D eigenvalue weighted by atomic mass is 35.5. The SMILES string of the molecule is [2H]C([2H])(c1cc2cc(Cl)ccc2n1CCS(C)(=O)=O)N1C(=O)C2(CC2)c2ccncc21. The van der Waals surface area contributed by atoms with Gasteiger partial charge in [-0.2, -0.15) is 0 Å². The normalized spacial score (nSPS) is 18.8. The lowest BCUT2D eigenvalue weighted by Crippen LogP contribution is -2.32. The monoisotopic (exact) mass is 431 g/mol. The molecular formula is C21H20ClN3O3S. The van der Waals surface area contributed by atoms with Gasteiger partial charge in [-0.05, 0) is 48.7 Å². The van der Waals surface area contributed by atoms with Crippen LogP contribution in [0.3, 0.4) is 0 Å². The predicted molar refractivity (Wildman–Crippen MR) is 113 cm³/mol. The van der Waals surface area contributed by atoms with Gasteiger partial charge < -0.3 is 9.47 Å². The standard InChI is InChI=1S/C21H20ClN3O3S/c1-29(27,28)9-8-24-16(11-14-10-15(22)2-3-18(14)24)13-25-19-12-23-7-4-17(19)21(5-6-21)20(25)26/h2-4,7,10-12H,5-6,8-9,13H2,1H3/i13D2. The number of pyridine rings is 1. The summed E-state index contributed by atoms with van der Waals surface area (Å²) < 4.78 is 43.4. The number of benzene rings is 1. The third-order valence-electron chi connectivity index (χ3n) is 5.69. The van der Waals surface area contributed by atoms with E-state index in [1.54, 1.807) is 41.1 Å². The van der Waals surface area contributed by atoms with E-state index in [4.69, 9.17) is 14.3 Å². The van der Waals surface area contributed by atoms with Gasteiger partial charge in [-0.25, -0.2) is 8.42 Å². The molecule has 29 heavy (non-hydrogen) atoms. The van der Waals surface area contributed by atoms with Gasteiger partial charge in [0.05, 0.1) is 32.3 Å². The Balaban J connectivity index is 1.69. The van der Waals surface area contributed by atoms with Crippen LogP contribution >= 0.6 is 11.6 Å². The lowest BCUT2D eigenvalue weighted by atomic mass is 9.99. The van der Waals surface area contributed by atoms with Crippen molar-refractivity contribution in [1.82, 2.24) is 9.55 Å². The van der Waals surface area contributed by atoms with Crippen LogP contribution in [-0.4, -0.2) is 35.9 Å². The van der Waals surface area contributed by atoms with Crippen molar-refractivity contribution in [2.45, 2.75) is 31.3 Å². The lowest BCUT2D eigenvalue weighted by Gasteiger charge is -2.19. The van der Waals surface area contributed by atoms with Crippen molar-refractivity contribution >= 4 is 43.9 Å². The van der Waals surface area contributed by atoms with E-state index in [9.17, 15) is 13.2 Å². The third kappa shape index (κ3) is 3.04. The first-order valence-corrected chi connectivity index (χ1v) is 11.7. The molecule has 1 aliphatic heterocycles. The van der Waals surface area contributed by atoms with Crippen LogP contribution in [0.4, 0.5) is 5.69 Å². The summed E-state index contributed by atoms with van der Waals surface area (Å²) in [5.74, 6) is -0.433. The number of carbonyl (C=O) groups excluding carboxylic acids is 1. The molecule has 0 bridgehead atoms. The van der Waals surface area contributed by atoms with Crippen molar-refractivity contribution in [3.8, 4) is 0 Å². The summed E-state index contributed by atoms with van der Waals surface area (Å²) in [7, 11) is -3.29. The van der Waals surface area contributed by atoms with Crippen molar-refractivity contribution in [3.05, 3.63) is 59.0 Å². The Bertz CT molecular complexity index is 1350. The number of amides is 1. The highest BCUT2D eigenvalue weighted by Gasteiger charge is 2.59. The van der Waals surface area contributed by atoms with Crippen LogP contribution in [0.25, 0.3) is 10.9 Å². The predicted octanol–water partition coefficient (Wildman–Crippen LogP) is 3.31. The van der Waals surface area contributed by atoms with Crippen molar-refractivity contribution in [1.29, 1.82) is 0 Å². The zero-order valence-corrected chi connectivity index (χ0v) is 17.3. The van der Waals surface area contributed by atoms with Gasteiger partial charge in [0.1, 0.15) is 9.84 Å². The minimum Gasteiger partial charge on any atom is -0.342 e. The van der Waals surface area contributed by atoms with Gasteiger partial charge in [0.25, 0.3) is 0 Å². The first kappa shape index (κ1) is 16.4. The maximum absolute atomic E-state index is 13.4. The zero-order chi connectivity index (χ0) is 22.2. The number of aromatic nitrogens is 2. The van der Waals surface area contributed by atoms with Crippen molar-refractivity contribution < 1.29 is 16.0 Å². The maximum Gasteiger partial charge on any atom is 0.238 e. The molecule has 0 unspecified atom stereocenters. The molecule has 1 fully saturated rings. The summed E-state index contributed by atoms with van der Waals surface area (Å²) in [4.78, 5) is 18.7. The largest absolute Gasteiger partial charge is 0.342 e. The number of rotatable bonds is 5. The molecule has 3 heterocycles. The molecule has 0 atom stereocenters. The molecule has 2 aromatic heterocycles. The van der Waals surface area contributed by atoms with E-state index in [2.05, 4.69) is 4.98 Å². The fraction of sp³-hybridized carbons (Fsp3) is 0.333. The van der Waals surface area contributed by atoms with E-state index < -0.39 is 21.7 Å². The van der Waals surface area contributed by atoms with E-state index in [-0.39, 0.29) is 23.9 Å². The number of aryl methyl sites for hydroxylation is 1. The summed E-state index contributed by atoms with van der Waals surface area (Å²) in [6.45, 7) is -2.16. The van der Waals surface area contributed by atoms with E-state index in [1.807, 2.05) is 0 Å². The van der Waals surface area contributed by atoms with Gasteiger partial charge in [-0.1, -0.05) is 11.6 Å². The van der Waals surface area contributed by atoms with Crippen molar-refractivity contribution in [2.24, 2.45) is 0 Å². The van der Waals surface area contributed by atoms with Gasteiger partial charge in [-0.15, -0.1) is 0 Å². The summed E-state index contributed by atoms with van der Waals surface area (Å²) in [6.07, 6.45) is 5.66. The second-order valence-electron chi connectivity index (χ2n) is 7.74. The number of nitrogens with zero attached hydrogens (tertiary/aromatic N) is 3. The van der Waals surface area contributed by atoms with E-state index in [1.165, 1.54) is 11.1 Å². The maximum atomic E-state index is 13.4. The second-order valence-corrected chi connectivity index (χ2v) is 10.4. The Morgan fingerprint density at radius 1 is 1.28 bits per heavy atom. The molecule has 5 rings (SSSR count). The Hall–Kier alpha value is -2.38. The molecule has 6 nitrogen and oxygen atoms in total. The number of halogens is 1. The molecule has 1 aliphatic carbocycles. The molecule has 1 spiro atoms. The van der Waals surface area contributed by atoms with Gasteiger partial charge in [-0.3, -0.25) is 9.78 Å². The molecular weight excluding hydrogens is 410 g/mol. The number of carbonyl (C=O) groups is 1. The molecule has 0 N–H and O–H groups in total. The van der Waals surface area contributed by atoms with Gasteiger partial charge in [0, 0.05) is 40.6 Å². The van der Waals surface area contributed by atoms with Crippen LogP contribution < -0.4 is 4.90 Å². The number of hydrogen-bond acceptors (Lipinski definition) is 4. The minimum atomic E-state index is -3.29. The highest BCUT2D eigenvalue weighted by molar-refractivity contribution is 7.90. The molecule has 0 saturated heterocycles. The average molecular weight is 432 g/mol. The van der Waals surface area contributed by atoms with Crippen molar-refractivity contribution in [2.75, 3.05) is 16.9 Å². The summed E-state index contributed by atoms with van der Waals surface area (Å²) in [6, 6.07) is 8.56. The molecule has 3 aromatic rings. The van der Waals surface area contributed by atoms with E-state index in [0.717, 1.165) is 11.8 Å². The van der Waals surface area contributed by atoms with Gasteiger partial charge in [0.15, 0.2) is 0 Å². The van der Waals surface area contributed by atoms with Crippen LogP contribution in [0.15, 0.2) is 42.7 Å². The second kappa shape index (κ2) is 6.31. The zero-order valence-electron chi connectivity index (χ0n) is 17.7. The average Bonchev–Trinajstić information content (AvgIpc) is 3.35. The minimum absolute atomic E-state index is 0.0614. The number of fused-ring (bicyclic) bond motifs is 3. The number of anilines is 1. The lowest BCUT2D eigenvalue weighted by molar-refractivity contribution is -0.120. The fourth-order valence-electron chi connectivity index (χ4n) is 4.07. The van der Waals surface area contributed by atoms with E-state index >= 15 is 0 Å². The summed E-state index contributed by atoms with van der Waals surface area (Å²) in [5.41, 5.74) is 1.46. The fourth-order valence-corrected chi connectivity index (χ4v) is 4.77. The number of hydrogen-bond donors (Lipinski definition) is 0. The van der Waals surface area contributed by atoms with Crippen molar-refractivity contribution in [3.63, 3.8) is 0 Å². The first-order chi connectivity index (χ1) is 14.5. The van der Waals surface area contributed by atoms with Crippen LogP contribution in [0.2, 0.25) is 5.02 Å². The molecule has 8 heteroatoms. The molecule has 1 amide bonds. The highest BCUT2D eigenvalue weighted by Crippen LogP contribution is 2.57. The molecule has 0 radical (unpaired) electrons. The Morgan fingerprint density at radius 3 is 2.79 bits per heavy atom. The summed E-state index contributed by atoms with van der Waals surface area (Å²) >= 11 is 6.14. The Labute approximate surface area is 176 Å². The van der Waals surface area contributed by atoms with Crippen LogP contribution in [0.1, 0.15) is 26.8 Å². The Morgan fingerprint density at radius 2 is 2.07 bits per heavy atom. The van der Waals surface area contributed by atoms with E-state index in [0.29, 0.717) is 34.5 Å². The topological polar surface area (TPSA) is 72.3 Å². The smallest absolute Gasteiger partial charge is 0.238 e. The molecule has 1 aromatic carbocycles.